The predicted molar refractivity (Wildman–Crippen MR) is 84.2 cm³/mol. The van der Waals surface area contributed by atoms with E-state index >= 15 is 0 Å². The van der Waals surface area contributed by atoms with Crippen LogP contribution in [0.15, 0.2) is 36.4 Å². The van der Waals surface area contributed by atoms with Crippen molar-refractivity contribution in [1.82, 2.24) is 4.90 Å². The minimum atomic E-state index is 0.269. The summed E-state index contributed by atoms with van der Waals surface area (Å²) < 4.78 is 0. The molecule has 3 nitrogen and oxygen atoms in total. The Hall–Kier alpha value is -2.00. The van der Waals surface area contributed by atoms with Gasteiger partial charge in [-0.2, -0.15) is 0 Å². The van der Waals surface area contributed by atoms with Crippen LogP contribution in [0.25, 0.3) is 0 Å². The van der Waals surface area contributed by atoms with Crippen molar-refractivity contribution < 1.29 is 10.2 Å². The highest BCUT2D eigenvalue weighted by Gasteiger charge is 2.47. The molecule has 2 aromatic rings. The molecule has 6 rings (SSSR count). The zero-order valence-electron chi connectivity index (χ0n) is 12.4. The van der Waals surface area contributed by atoms with Crippen LogP contribution >= 0.6 is 0 Å². The molecular weight excluding hydrogens is 274 g/mol. The summed E-state index contributed by atoms with van der Waals surface area (Å²) >= 11 is 0. The van der Waals surface area contributed by atoms with Gasteiger partial charge in [0, 0.05) is 18.0 Å². The maximum atomic E-state index is 9.99. The summed E-state index contributed by atoms with van der Waals surface area (Å²) in [6.07, 6.45) is 3.44. The Kier molecular flexibility index (Phi) is 2.43. The van der Waals surface area contributed by atoms with E-state index in [1.54, 1.807) is 6.07 Å². The van der Waals surface area contributed by atoms with Gasteiger partial charge in [0.15, 0.2) is 0 Å². The summed E-state index contributed by atoms with van der Waals surface area (Å²) in [6, 6.07) is 12.6. The average molecular weight is 293 g/mol. The van der Waals surface area contributed by atoms with Crippen LogP contribution in [0, 0.1) is 0 Å². The lowest BCUT2D eigenvalue weighted by atomic mass is 9.78. The van der Waals surface area contributed by atoms with Gasteiger partial charge in [0.2, 0.25) is 0 Å². The fourth-order valence-electron chi connectivity index (χ4n) is 4.95. The first kappa shape index (κ1) is 12.5. The molecule has 2 bridgehead atoms. The molecule has 3 heteroatoms. The van der Waals surface area contributed by atoms with Crippen molar-refractivity contribution in [3.05, 3.63) is 58.7 Å². The number of hydrogen-bond acceptors (Lipinski definition) is 3. The van der Waals surface area contributed by atoms with Gasteiger partial charge in [-0.15, -0.1) is 0 Å². The van der Waals surface area contributed by atoms with E-state index in [2.05, 4.69) is 17.0 Å². The molecule has 1 saturated heterocycles. The van der Waals surface area contributed by atoms with Gasteiger partial charge >= 0.3 is 0 Å². The van der Waals surface area contributed by atoms with E-state index in [1.807, 2.05) is 18.2 Å². The van der Waals surface area contributed by atoms with Gasteiger partial charge in [-0.3, -0.25) is 4.90 Å². The van der Waals surface area contributed by atoms with E-state index in [-0.39, 0.29) is 5.92 Å². The predicted octanol–water partition coefficient (Wildman–Crippen LogP) is 3.30. The lowest BCUT2D eigenvalue weighted by Crippen LogP contribution is -2.41. The highest BCUT2D eigenvalue weighted by atomic mass is 16.3. The summed E-state index contributed by atoms with van der Waals surface area (Å²) in [5.74, 6) is 0.957. The largest absolute Gasteiger partial charge is 0.508 e. The lowest BCUT2D eigenvalue weighted by molar-refractivity contribution is 0.157. The van der Waals surface area contributed by atoms with Crippen molar-refractivity contribution in [2.75, 3.05) is 6.54 Å². The van der Waals surface area contributed by atoms with Gasteiger partial charge in [0.05, 0.1) is 0 Å². The minimum Gasteiger partial charge on any atom is -0.508 e. The molecule has 3 aliphatic heterocycles. The summed E-state index contributed by atoms with van der Waals surface area (Å²) in [5, 5.41) is 20.0. The summed E-state index contributed by atoms with van der Waals surface area (Å²) in [5.41, 5.74) is 5.22. The van der Waals surface area contributed by atoms with Gasteiger partial charge in [-0.25, -0.2) is 0 Å². The van der Waals surface area contributed by atoms with Crippen LogP contribution in [0.2, 0.25) is 0 Å². The Balaban J connectivity index is 1.82. The topological polar surface area (TPSA) is 43.7 Å². The fraction of sp³-hybridized carbons (Fsp3) is 0.368. The highest BCUT2D eigenvalue weighted by molar-refractivity contribution is 5.53. The van der Waals surface area contributed by atoms with Gasteiger partial charge in [0.25, 0.3) is 0 Å². The maximum absolute atomic E-state index is 9.99. The summed E-state index contributed by atoms with van der Waals surface area (Å²) in [4.78, 5) is 2.65. The van der Waals surface area contributed by atoms with Gasteiger partial charge < -0.3 is 10.2 Å². The third-order valence-electron chi connectivity index (χ3n) is 5.77. The van der Waals surface area contributed by atoms with Crippen LogP contribution in [0.1, 0.15) is 47.1 Å². The number of benzene rings is 2. The van der Waals surface area contributed by atoms with Crippen LogP contribution in [0.4, 0.5) is 0 Å². The molecule has 0 aromatic heterocycles. The average Bonchev–Trinajstić information content (AvgIpc) is 2.89. The molecule has 4 aliphatic rings. The third kappa shape index (κ3) is 1.55. The fourth-order valence-corrected chi connectivity index (χ4v) is 4.95. The number of phenolic OH excluding ortho intramolecular Hbond substituents is 2. The van der Waals surface area contributed by atoms with Crippen LogP contribution in [-0.2, 0) is 6.42 Å². The van der Waals surface area contributed by atoms with Crippen LogP contribution in [0.5, 0.6) is 11.5 Å². The molecule has 0 radical (unpaired) electrons. The number of hydrogen-bond donors (Lipinski definition) is 2. The molecule has 22 heavy (non-hydrogen) atoms. The first-order chi connectivity index (χ1) is 10.7. The van der Waals surface area contributed by atoms with E-state index < -0.39 is 0 Å². The monoisotopic (exact) mass is 293 g/mol. The standard InChI is InChI=1S/C19H19NO2/c21-12-4-3-11-8-18-14-6-5-13(22)10-16(14)19(15(11)9-12)17-2-1-7-20(17)18/h3-6,9-10,17-19,21-22H,1-2,7-8H2/t17-,18-,19-/m0/s1. The van der Waals surface area contributed by atoms with E-state index in [0.717, 1.165) is 13.0 Å². The highest BCUT2D eigenvalue weighted by Crippen LogP contribution is 2.53. The maximum Gasteiger partial charge on any atom is 0.115 e. The quantitative estimate of drug-likeness (QED) is 0.783. The van der Waals surface area contributed by atoms with Crippen molar-refractivity contribution >= 4 is 0 Å². The second-order valence-corrected chi connectivity index (χ2v) is 6.84. The van der Waals surface area contributed by atoms with Crippen molar-refractivity contribution in [3.63, 3.8) is 0 Å². The van der Waals surface area contributed by atoms with E-state index in [0.29, 0.717) is 23.6 Å². The molecule has 2 aromatic carbocycles. The number of rotatable bonds is 0. The lowest BCUT2D eigenvalue weighted by Gasteiger charge is -2.41. The first-order valence-electron chi connectivity index (χ1n) is 8.13. The second kappa shape index (κ2) is 4.26. The Morgan fingerprint density at radius 2 is 1.68 bits per heavy atom. The smallest absolute Gasteiger partial charge is 0.115 e. The van der Waals surface area contributed by atoms with Crippen LogP contribution in [0.3, 0.4) is 0 Å². The molecule has 0 unspecified atom stereocenters. The Labute approximate surface area is 129 Å². The molecule has 0 saturated carbocycles. The van der Waals surface area contributed by atoms with Gasteiger partial charge in [-0.05, 0) is 72.3 Å². The summed E-state index contributed by atoms with van der Waals surface area (Å²) in [6.45, 7) is 1.16. The molecule has 2 N–H and O–H groups in total. The van der Waals surface area contributed by atoms with Crippen molar-refractivity contribution in [2.45, 2.75) is 37.3 Å². The molecular formula is C19H19NO2. The number of aromatic hydroxyl groups is 2. The SMILES string of the molecule is Oc1ccc2c(c1)[C@H]1c3cc(O)ccc3[C@H](C2)N2CCC[C@@H]12. The minimum absolute atomic E-state index is 0.269. The van der Waals surface area contributed by atoms with Crippen LogP contribution in [-0.4, -0.2) is 27.7 Å². The Morgan fingerprint density at radius 1 is 0.909 bits per heavy atom. The van der Waals surface area contributed by atoms with Crippen molar-refractivity contribution in [3.8, 4) is 11.5 Å². The Morgan fingerprint density at radius 3 is 2.55 bits per heavy atom. The van der Waals surface area contributed by atoms with Crippen LogP contribution < -0.4 is 0 Å². The van der Waals surface area contributed by atoms with Crippen molar-refractivity contribution in [1.29, 1.82) is 0 Å². The number of nitrogens with zero attached hydrogens (tertiary/aromatic N) is 1. The molecule has 1 aliphatic carbocycles. The summed E-state index contributed by atoms with van der Waals surface area (Å²) in [7, 11) is 0. The zero-order valence-corrected chi connectivity index (χ0v) is 12.4. The van der Waals surface area contributed by atoms with E-state index in [9.17, 15) is 10.2 Å². The molecule has 1 fully saturated rings. The molecule has 0 amide bonds. The van der Waals surface area contributed by atoms with Crippen molar-refractivity contribution in [2.24, 2.45) is 0 Å². The second-order valence-electron chi connectivity index (χ2n) is 6.84. The van der Waals surface area contributed by atoms with Gasteiger partial charge in [0.1, 0.15) is 11.5 Å². The van der Waals surface area contributed by atoms with E-state index in [1.165, 1.54) is 35.1 Å². The normalized spacial score (nSPS) is 28.8. The zero-order chi connectivity index (χ0) is 14.8. The Bertz CT molecular complexity index is 770. The molecule has 3 heterocycles. The molecule has 0 spiro atoms. The molecule has 112 valence electrons. The third-order valence-corrected chi connectivity index (χ3v) is 5.77. The number of phenols is 2. The first-order valence-corrected chi connectivity index (χ1v) is 8.13. The van der Waals surface area contributed by atoms with Gasteiger partial charge in [-0.1, -0.05) is 12.1 Å². The molecule has 3 atom stereocenters. The van der Waals surface area contributed by atoms with E-state index in [4.69, 9.17) is 0 Å².